The highest BCUT2D eigenvalue weighted by atomic mass is 35.5. The molecule has 1 N–H and O–H groups in total. The number of carbonyl (C=O) groups excluding carboxylic acids is 2. The highest BCUT2D eigenvalue weighted by molar-refractivity contribution is 7.98. The van der Waals surface area contributed by atoms with Crippen LogP contribution < -0.4 is 5.32 Å². The molecule has 0 unspecified atom stereocenters. The molecular weight excluding hydrogens is 506 g/mol. The number of nitrogens with one attached hydrogen (secondary N) is 1. The fourth-order valence-corrected chi connectivity index (χ4v) is 4.50. The average Bonchev–Trinajstić information content (AvgIpc) is 2.89. The number of aryl methyl sites for hydroxylation is 1. The highest BCUT2D eigenvalue weighted by Gasteiger charge is 2.21. The minimum Gasteiger partial charge on any atom is -0.374 e. The van der Waals surface area contributed by atoms with Crippen molar-refractivity contribution in [2.45, 2.75) is 39.5 Å². The molecule has 0 radical (unpaired) electrons. The lowest BCUT2D eigenvalue weighted by molar-refractivity contribution is -0.118. The molecule has 0 heterocycles. The fraction of sp³-hybridized carbons (Fsp3) is 0.333. The zero-order chi connectivity index (χ0) is 26.6. The van der Waals surface area contributed by atoms with Crippen molar-refractivity contribution in [3.05, 3.63) is 94.0 Å². The molecule has 0 aromatic heterocycles. The lowest BCUT2D eigenvalue weighted by atomic mass is 9.93. The zero-order valence-electron chi connectivity index (χ0n) is 21.6. The van der Waals surface area contributed by atoms with E-state index in [4.69, 9.17) is 21.1 Å². The predicted molar refractivity (Wildman–Crippen MR) is 152 cm³/mol. The van der Waals surface area contributed by atoms with Gasteiger partial charge in [0.25, 0.3) is 5.91 Å². The second-order valence-corrected chi connectivity index (χ2v) is 10.3. The van der Waals surface area contributed by atoms with Gasteiger partial charge in [-0.3, -0.25) is 9.59 Å². The van der Waals surface area contributed by atoms with Gasteiger partial charge in [-0.2, -0.15) is 11.8 Å². The largest absolute Gasteiger partial charge is 0.374 e. The summed E-state index contributed by atoms with van der Waals surface area (Å²) in [6, 6.07) is 20.7. The summed E-state index contributed by atoms with van der Waals surface area (Å²) < 4.78 is 11.5. The van der Waals surface area contributed by atoms with Crippen LogP contribution in [0.1, 0.15) is 40.4 Å². The molecule has 0 aliphatic heterocycles. The first-order valence-electron chi connectivity index (χ1n) is 12.3. The van der Waals surface area contributed by atoms with Gasteiger partial charge in [-0.25, -0.2) is 0 Å². The Morgan fingerprint density at radius 2 is 1.57 bits per heavy atom. The van der Waals surface area contributed by atoms with Crippen molar-refractivity contribution in [1.82, 2.24) is 5.32 Å². The maximum atomic E-state index is 13.3. The third-order valence-corrected chi connectivity index (χ3v) is 6.89. The Morgan fingerprint density at radius 3 is 2.22 bits per heavy atom. The topological polar surface area (TPSA) is 64.6 Å². The molecule has 0 fully saturated rings. The fourth-order valence-electron chi connectivity index (χ4n) is 3.90. The van der Waals surface area contributed by atoms with E-state index in [1.54, 1.807) is 11.8 Å². The minimum absolute atomic E-state index is 0.0388. The molecule has 3 rings (SSSR count). The average molecular weight is 540 g/mol. The van der Waals surface area contributed by atoms with Crippen LogP contribution in [-0.2, 0) is 27.5 Å². The van der Waals surface area contributed by atoms with Crippen molar-refractivity contribution >= 4 is 35.1 Å². The van der Waals surface area contributed by atoms with E-state index in [-0.39, 0.29) is 11.7 Å². The number of ether oxygens (including phenoxy) is 2. The van der Waals surface area contributed by atoms with Crippen LogP contribution in [0, 0.1) is 6.92 Å². The van der Waals surface area contributed by atoms with Crippen molar-refractivity contribution in [3.63, 3.8) is 0 Å². The molecule has 0 bridgehead atoms. The zero-order valence-corrected chi connectivity index (χ0v) is 23.2. The van der Waals surface area contributed by atoms with Crippen molar-refractivity contribution in [1.29, 1.82) is 0 Å². The minimum atomic E-state index is -0.499. The van der Waals surface area contributed by atoms with Gasteiger partial charge in [0.1, 0.15) is 0 Å². The maximum Gasteiger partial charge on any atom is 0.252 e. The molecule has 1 amide bonds. The van der Waals surface area contributed by atoms with Gasteiger partial charge in [0.05, 0.1) is 32.5 Å². The molecule has 0 spiro atoms. The van der Waals surface area contributed by atoms with E-state index in [1.165, 1.54) is 6.92 Å². The molecule has 3 aromatic carbocycles. The summed E-state index contributed by atoms with van der Waals surface area (Å²) in [4.78, 5) is 25.4. The van der Waals surface area contributed by atoms with E-state index in [0.717, 1.165) is 33.6 Å². The number of amides is 1. The first kappa shape index (κ1) is 28.9. The standard InChI is InChI=1S/C30H34ClNO4S/c1-21-6-4-5-7-26(21)28-18-24(20-36-16-15-35-19-23-8-11-25(31)12-9-23)10-13-27(28)30(34)32-29(22(2)33)14-17-37-3/h4-13,18,29H,14-17,19-20H2,1-3H3,(H,32,34)/t29-/m0/s1. The summed E-state index contributed by atoms with van der Waals surface area (Å²) in [6.45, 7) is 5.36. The summed E-state index contributed by atoms with van der Waals surface area (Å²) >= 11 is 7.57. The lowest BCUT2D eigenvalue weighted by Crippen LogP contribution is -2.40. The molecule has 0 aliphatic carbocycles. The molecule has 0 saturated heterocycles. The number of ketones is 1. The van der Waals surface area contributed by atoms with E-state index >= 15 is 0 Å². The normalized spacial score (nSPS) is 11.8. The molecule has 7 heteroatoms. The van der Waals surface area contributed by atoms with Crippen LogP contribution in [0.5, 0.6) is 0 Å². The number of rotatable bonds is 14. The summed E-state index contributed by atoms with van der Waals surface area (Å²) in [5, 5.41) is 3.65. The van der Waals surface area contributed by atoms with Gasteiger partial charge in [0.15, 0.2) is 5.78 Å². The Labute approximate surface area is 228 Å². The van der Waals surface area contributed by atoms with Crippen LogP contribution >= 0.6 is 23.4 Å². The Morgan fingerprint density at radius 1 is 0.919 bits per heavy atom. The van der Waals surface area contributed by atoms with Crippen molar-refractivity contribution in [3.8, 4) is 11.1 Å². The van der Waals surface area contributed by atoms with Crippen LogP contribution in [0.2, 0.25) is 5.02 Å². The van der Waals surface area contributed by atoms with E-state index in [9.17, 15) is 9.59 Å². The smallest absolute Gasteiger partial charge is 0.252 e. The van der Waals surface area contributed by atoms with E-state index in [1.807, 2.05) is 79.9 Å². The van der Waals surface area contributed by atoms with E-state index in [0.29, 0.717) is 43.4 Å². The maximum absolute atomic E-state index is 13.3. The van der Waals surface area contributed by atoms with Gasteiger partial charge in [0, 0.05) is 10.6 Å². The van der Waals surface area contributed by atoms with Gasteiger partial charge < -0.3 is 14.8 Å². The van der Waals surface area contributed by atoms with Crippen LogP contribution in [0.3, 0.4) is 0 Å². The quantitative estimate of drug-likeness (QED) is 0.237. The molecule has 0 aliphatic rings. The number of thioether (sulfide) groups is 1. The molecule has 37 heavy (non-hydrogen) atoms. The number of benzene rings is 3. The number of carbonyl (C=O) groups is 2. The van der Waals surface area contributed by atoms with Gasteiger partial charge >= 0.3 is 0 Å². The Balaban J connectivity index is 1.67. The van der Waals surface area contributed by atoms with Crippen LogP contribution in [0.25, 0.3) is 11.1 Å². The Kier molecular flexibility index (Phi) is 11.7. The SMILES string of the molecule is CSCC[C@H](NC(=O)c1ccc(COCCOCc2ccc(Cl)cc2)cc1-c1ccccc1C)C(C)=O. The summed E-state index contributed by atoms with van der Waals surface area (Å²) in [6.07, 6.45) is 2.59. The van der Waals surface area contributed by atoms with E-state index < -0.39 is 6.04 Å². The molecule has 5 nitrogen and oxygen atoms in total. The number of hydrogen-bond donors (Lipinski definition) is 1. The molecule has 1 atom stereocenters. The molecule has 0 saturated carbocycles. The molecular formula is C30H34ClNO4S. The number of halogens is 1. The Bertz CT molecular complexity index is 1180. The van der Waals surface area contributed by atoms with Gasteiger partial charge in [-0.1, -0.05) is 54.1 Å². The highest BCUT2D eigenvalue weighted by Crippen LogP contribution is 2.28. The lowest BCUT2D eigenvalue weighted by Gasteiger charge is -2.18. The molecule has 196 valence electrons. The van der Waals surface area contributed by atoms with Gasteiger partial charge in [-0.05, 0) is 84.4 Å². The first-order chi connectivity index (χ1) is 17.9. The Hall–Kier alpha value is -2.64. The second kappa shape index (κ2) is 14.9. The van der Waals surface area contributed by atoms with Crippen LogP contribution in [0.15, 0.2) is 66.7 Å². The van der Waals surface area contributed by atoms with Crippen molar-refractivity contribution in [2.24, 2.45) is 0 Å². The van der Waals surface area contributed by atoms with Crippen LogP contribution in [-0.4, -0.2) is 43.0 Å². The van der Waals surface area contributed by atoms with Crippen molar-refractivity contribution < 1.29 is 19.1 Å². The monoisotopic (exact) mass is 539 g/mol. The summed E-state index contributed by atoms with van der Waals surface area (Å²) in [5.41, 5.74) is 5.42. The summed E-state index contributed by atoms with van der Waals surface area (Å²) in [7, 11) is 0. The second-order valence-electron chi connectivity index (χ2n) is 8.84. The summed E-state index contributed by atoms with van der Waals surface area (Å²) in [5.74, 6) is 0.514. The number of Topliss-reactive ketones (excluding diaryl/α,β-unsaturated/α-hetero) is 1. The molecule has 3 aromatic rings. The van der Waals surface area contributed by atoms with Gasteiger partial charge in [0.2, 0.25) is 0 Å². The predicted octanol–water partition coefficient (Wildman–Crippen LogP) is 6.49. The third kappa shape index (κ3) is 9.00. The van der Waals surface area contributed by atoms with Gasteiger partial charge in [-0.15, -0.1) is 0 Å². The van der Waals surface area contributed by atoms with E-state index in [2.05, 4.69) is 5.32 Å². The van der Waals surface area contributed by atoms with Crippen molar-refractivity contribution in [2.75, 3.05) is 25.2 Å². The first-order valence-corrected chi connectivity index (χ1v) is 14.1. The number of hydrogen-bond acceptors (Lipinski definition) is 5. The van der Waals surface area contributed by atoms with Crippen LogP contribution in [0.4, 0.5) is 0 Å². The third-order valence-electron chi connectivity index (χ3n) is 5.99.